The molecule has 0 spiro atoms. The van der Waals surface area contributed by atoms with E-state index in [0.29, 0.717) is 11.3 Å². The summed E-state index contributed by atoms with van der Waals surface area (Å²) >= 11 is 0. The lowest BCUT2D eigenvalue weighted by molar-refractivity contribution is 0.0734. The number of benzene rings is 1. The summed E-state index contributed by atoms with van der Waals surface area (Å²) in [5, 5.41) is 0. The second kappa shape index (κ2) is 7.17. The highest BCUT2D eigenvalue weighted by Gasteiger charge is 2.06. The van der Waals surface area contributed by atoms with Crippen LogP contribution < -0.4 is 4.74 Å². The van der Waals surface area contributed by atoms with Crippen molar-refractivity contribution in [3.63, 3.8) is 0 Å². The second-order valence-corrected chi connectivity index (χ2v) is 2.94. The molecule has 2 rings (SSSR count). The first kappa shape index (κ1) is 12.9. The molecule has 88 valence electrons. The zero-order valence-corrected chi connectivity index (χ0v) is 9.96. The molecule has 0 saturated heterocycles. The molecule has 17 heavy (non-hydrogen) atoms. The van der Waals surface area contributed by atoms with Gasteiger partial charge in [0, 0.05) is 12.4 Å². The van der Waals surface area contributed by atoms with E-state index in [4.69, 9.17) is 4.74 Å². The smallest absolute Gasteiger partial charge is 0.345 e. The van der Waals surface area contributed by atoms with Gasteiger partial charge in [-0.3, -0.25) is 4.98 Å². The van der Waals surface area contributed by atoms with Gasteiger partial charge in [0.15, 0.2) is 0 Å². The predicted octanol–water partition coefficient (Wildman–Crippen LogP) is 3.33. The van der Waals surface area contributed by atoms with Crippen molar-refractivity contribution in [3.8, 4) is 5.75 Å². The number of pyridine rings is 1. The molecular weight excluding hydrogens is 214 g/mol. The highest BCUT2D eigenvalue weighted by molar-refractivity contribution is 5.90. The van der Waals surface area contributed by atoms with Crippen LogP contribution >= 0.6 is 0 Å². The van der Waals surface area contributed by atoms with Crippen LogP contribution in [-0.4, -0.2) is 11.0 Å². The first-order valence-corrected chi connectivity index (χ1v) is 5.53. The van der Waals surface area contributed by atoms with Crippen LogP contribution in [-0.2, 0) is 0 Å². The summed E-state index contributed by atoms with van der Waals surface area (Å²) in [7, 11) is 0. The number of carbonyl (C=O) groups is 1. The SMILES string of the molecule is CC.O=C(Oc1ccccc1)c1cccnc1. The first-order valence-electron chi connectivity index (χ1n) is 5.53. The number of carbonyl (C=O) groups excluding carboxylic acids is 1. The van der Waals surface area contributed by atoms with Crippen molar-refractivity contribution in [1.82, 2.24) is 4.98 Å². The molecule has 0 unspecified atom stereocenters. The van der Waals surface area contributed by atoms with E-state index in [9.17, 15) is 4.79 Å². The fourth-order valence-corrected chi connectivity index (χ4v) is 1.14. The van der Waals surface area contributed by atoms with Gasteiger partial charge in [0.2, 0.25) is 0 Å². The fourth-order valence-electron chi connectivity index (χ4n) is 1.14. The van der Waals surface area contributed by atoms with Crippen molar-refractivity contribution in [3.05, 3.63) is 60.4 Å². The third-order valence-electron chi connectivity index (χ3n) is 1.85. The van der Waals surface area contributed by atoms with Crippen LogP contribution in [0, 0.1) is 0 Å². The summed E-state index contributed by atoms with van der Waals surface area (Å²) in [5.41, 5.74) is 0.446. The molecule has 0 aliphatic heterocycles. The van der Waals surface area contributed by atoms with Crippen molar-refractivity contribution in [2.24, 2.45) is 0 Å². The van der Waals surface area contributed by atoms with E-state index in [1.54, 1.807) is 30.5 Å². The standard InChI is InChI=1S/C12H9NO2.C2H6/c14-12(10-5-4-8-13-9-10)15-11-6-2-1-3-7-11;1-2/h1-9H;1-2H3. The molecule has 1 aromatic carbocycles. The molecule has 0 amide bonds. The van der Waals surface area contributed by atoms with Crippen LogP contribution in [0.2, 0.25) is 0 Å². The van der Waals surface area contributed by atoms with E-state index in [1.807, 2.05) is 32.0 Å². The maximum atomic E-state index is 11.6. The number of hydrogen-bond donors (Lipinski definition) is 0. The van der Waals surface area contributed by atoms with E-state index in [0.717, 1.165) is 0 Å². The van der Waals surface area contributed by atoms with E-state index < -0.39 is 5.97 Å². The Balaban J connectivity index is 0.000000686. The molecule has 0 aliphatic carbocycles. The Hall–Kier alpha value is -2.16. The topological polar surface area (TPSA) is 39.2 Å². The summed E-state index contributed by atoms with van der Waals surface area (Å²) in [6.07, 6.45) is 3.09. The molecule has 0 N–H and O–H groups in total. The number of nitrogens with zero attached hydrogens (tertiary/aromatic N) is 1. The minimum atomic E-state index is -0.394. The summed E-state index contributed by atoms with van der Waals surface area (Å²) in [6, 6.07) is 12.3. The number of ether oxygens (including phenoxy) is 1. The van der Waals surface area contributed by atoms with Gasteiger partial charge in [-0.15, -0.1) is 0 Å². The lowest BCUT2D eigenvalue weighted by atomic mass is 10.3. The van der Waals surface area contributed by atoms with Gasteiger partial charge in [0.25, 0.3) is 0 Å². The van der Waals surface area contributed by atoms with Gasteiger partial charge in [-0.2, -0.15) is 0 Å². The molecule has 0 fully saturated rings. The molecule has 3 nitrogen and oxygen atoms in total. The van der Waals surface area contributed by atoms with Crippen LogP contribution in [0.25, 0.3) is 0 Å². The summed E-state index contributed by atoms with van der Waals surface area (Å²) < 4.78 is 5.12. The van der Waals surface area contributed by atoms with Crippen LogP contribution in [0.1, 0.15) is 24.2 Å². The third kappa shape index (κ3) is 4.07. The number of aromatic nitrogens is 1. The van der Waals surface area contributed by atoms with Gasteiger partial charge >= 0.3 is 5.97 Å². The average Bonchev–Trinajstić information content (AvgIpc) is 2.43. The molecule has 0 atom stereocenters. The number of para-hydroxylation sites is 1. The molecule has 2 aromatic rings. The molecule has 0 aliphatic rings. The zero-order valence-electron chi connectivity index (χ0n) is 9.96. The minimum absolute atomic E-state index is 0.394. The quantitative estimate of drug-likeness (QED) is 0.585. The van der Waals surface area contributed by atoms with Crippen molar-refractivity contribution in [1.29, 1.82) is 0 Å². The van der Waals surface area contributed by atoms with Crippen LogP contribution in [0.3, 0.4) is 0 Å². The highest BCUT2D eigenvalue weighted by atomic mass is 16.5. The molecular formula is C14H15NO2. The summed E-state index contributed by atoms with van der Waals surface area (Å²) in [4.78, 5) is 15.4. The Labute approximate surface area is 101 Å². The maximum Gasteiger partial charge on any atom is 0.345 e. The predicted molar refractivity (Wildman–Crippen MR) is 67.0 cm³/mol. The number of rotatable bonds is 2. The number of esters is 1. The van der Waals surface area contributed by atoms with Gasteiger partial charge in [-0.1, -0.05) is 32.0 Å². The Morgan fingerprint density at radius 3 is 2.35 bits per heavy atom. The Morgan fingerprint density at radius 2 is 1.76 bits per heavy atom. The highest BCUT2D eigenvalue weighted by Crippen LogP contribution is 2.10. The molecule has 1 heterocycles. The molecule has 1 aromatic heterocycles. The molecule has 0 radical (unpaired) electrons. The Kier molecular flexibility index (Phi) is 5.44. The van der Waals surface area contributed by atoms with E-state index in [2.05, 4.69) is 4.98 Å². The monoisotopic (exact) mass is 229 g/mol. The maximum absolute atomic E-state index is 11.6. The van der Waals surface area contributed by atoms with E-state index in [1.165, 1.54) is 6.20 Å². The van der Waals surface area contributed by atoms with E-state index >= 15 is 0 Å². The van der Waals surface area contributed by atoms with Gasteiger partial charge in [0.05, 0.1) is 5.56 Å². The first-order chi connectivity index (χ1) is 8.36. The van der Waals surface area contributed by atoms with Crippen LogP contribution in [0.4, 0.5) is 0 Å². The van der Waals surface area contributed by atoms with Crippen LogP contribution in [0.15, 0.2) is 54.9 Å². The lowest BCUT2D eigenvalue weighted by Gasteiger charge is -2.02. The lowest BCUT2D eigenvalue weighted by Crippen LogP contribution is -2.08. The minimum Gasteiger partial charge on any atom is -0.423 e. The van der Waals surface area contributed by atoms with Gasteiger partial charge < -0.3 is 4.74 Å². The molecule has 0 bridgehead atoms. The van der Waals surface area contributed by atoms with Gasteiger partial charge in [-0.05, 0) is 24.3 Å². The van der Waals surface area contributed by atoms with Crippen molar-refractivity contribution < 1.29 is 9.53 Å². The molecule has 0 saturated carbocycles. The zero-order chi connectivity index (χ0) is 12.5. The fraction of sp³-hybridized carbons (Fsp3) is 0.143. The Bertz CT molecular complexity index is 440. The largest absolute Gasteiger partial charge is 0.423 e. The molecule has 3 heteroatoms. The summed E-state index contributed by atoms with van der Waals surface area (Å²) in [6.45, 7) is 4.00. The number of hydrogen-bond acceptors (Lipinski definition) is 3. The van der Waals surface area contributed by atoms with Crippen LogP contribution in [0.5, 0.6) is 5.75 Å². The normalized spacial score (nSPS) is 8.82. The summed E-state index contributed by atoms with van der Waals surface area (Å²) in [5.74, 6) is 0.139. The average molecular weight is 229 g/mol. The van der Waals surface area contributed by atoms with Crippen molar-refractivity contribution >= 4 is 5.97 Å². The van der Waals surface area contributed by atoms with Crippen molar-refractivity contribution in [2.45, 2.75) is 13.8 Å². The Morgan fingerprint density at radius 1 is 1.06 bits per heavy atom. The van der Waals surface area contributed by atoms with Crippen molar-refractivity contribution in [2.75, 3.05) is 0 Å². The van der Waals surface area contributed by atoms with Gasteiger partial charge in [-0.25, -0.2) is 4.79 Å². The second-order valence-electron chi connectivity index (χ2n) is 2.94. The third-order valence-corrected chi connectivity index (χ3v) is 1.85. The van der Waals surface area contributed by atoms with E-state index in [-0.39, 0.29) is 0 Å². The van der Waals surface area contributed by atoms with Gasteiger partial charge in [0.1, 0.15) is 5.75 Å².